The van der Waals surface area contributed by atoms with Gasteiger partial charge in [-0.05, 0) is 30.4 Å². The molecule has 2 aromatic rings. The van der Waals surface area contributed by atoms with Crippen LogP contribution in [0, 0.1) is 11.7 Å². The highest BCUT2D eigenvalue weighted by atomic mass is 32.2. The van der Waals surface area contributed by atoms with Gasteiger partial charge in [0.1, 0.15) is 10.0 Å². The minimum absolute atomic E-state index is 0.153. The molecule has 8 heteroatoms. The fourth-order valence-corrected chi connectivity index (χ4v) is 5.84. The Hall–Kier alpha value is -1.77. The molecule has 0 aliphatic carbocycles. The van der Waals surface area contributed by atoms with Crippen molar-refractivity contribution >= 4 is 27.3 Å². The number of carbonyl (C=O) groups is 1. The number of sulfonamides is 1. The van der Waals surface area contributed by atoms with E-state index in [-0.39, 0.29) is 24.8 Å². The van der Waals surface area contributed by atoms with Crippen LogP contribution in [0.4, 0.5) is 4.39 Å². The van der Waals surface area contributed by atoms with Gasteiger partial charge in [-0.25, -0.2) is 12.8 Å². The Morgan fingerprint density at radius 1 is 1.31 bits per heavy atom. The first-order chi connectivity index (χ1) is 12.4. The molecule has 1 aromatic carbocycles. The van der Waals surface area contributed by atoms with Gasteiger partial charge in [0.25, 0.3) is 10.0 Å². The van der Waals surface area contributed by atoms with Gasteiger partial charge in [0.2, 0.25) is 5.91 Å². The molecule has 0 N–H and O–H groups in total. The molecular formula is C18H21FN2O3S2. The molecule has 140 valence electrons. The van der Waals surface area contributed by atoms with Crippen LogP contribution in [0.1, 0.15) is 18.4 Å². The van der Waals surface area contributed by atoms with Gasteiger partial charge in [-0.3, -0.25) is 4.79 Å². The van der Waals surface area contributed by atoms with E-state index in [1.165, 1.54) is 26.6 Å². The number of carbonyl (C=O) groups excluding carboxylic acids is 1. The van der Waals surface area contributed by atoms with Crippen LogP contribution < -0.4 is 0 Å². The summed E-state index contributed by atoms with van der Waals surface area (Å²) < 4.78 is 40.9. The third kappa shape index (κ3) is 3.97. The maximum atomic E-state index is 13.8. The molecule has 1 atom stereocenters. The summed E-state index contributed by atoms with van der Waals surface area (Å²) in [6.07, 6.45) is 1.27. The van der Waals surface area contributed by atoms with Crippen molar-refractivity contribution in [2.24, 2.45) is 5.92 Å². The molecule has 1 amide bonds. The first-order valence-corrected chi connectivity index (χ1v) is 10.7. The van der Waals surface area contributed by atoms with Crippen molar-refractivity contribution in [3.63, 3.8) is 0 Å². The molecule has 0 bridgehead atoms. The van der Waals surface area contributed by atoms with Crippen molar-refractivity contribution in [2.45, 2.75) is 23.6 Å². The number of benzene rings is 1. The highest BCUT2D eigenvalue weighted by Crippen LogP contribution is 2.27. The van der Waals surface area contributed by atoms with E-state index in [9.17, 15) is 17.6 Å². The van der Waals surface area contributed by atoms with E-state index in [0.717, 1.165) is 0 Å². The summed E-state index contributed by atoms with van der Waals surface area (Å²) in [4.78, 5) is 14.2. The van der Waals surface area contributed by atoms with Crippen molar-refractivity contribution in [1.29, 1.82) is 0 Å². The van der Waals surface area contributed by atoms with Crippen LogP contribution in [0.3, 0.4) is 0 Å². The third-order valence-electron chi connectivity index (χ3n) is 4.56. The molecule has 1 aliphatic heterocycles. The van der Waals surface area contributed by atoms with Crippen LogP contribution in [0.25, 0.3) is 0 Å². The fraction of sp³-hybridized carbons (Fsp3) is 0.389. The number of nitrogens with zero attached hydrogens (tertiary/aromatic N) is 2. The number of hydrogen-bond acceptors (Lipinski definition) is 4. The average molecular weight is 397 g/mol. The van der Waals surface area contributed by atoms with Crippen molar-refractivity contribution in [2.75, 3.05) is 20.1 Å². The van der Waals surface area contributed by atoms with Gasteiger partial charge in [-0.2, -0.15) is 4.31 Å². The van der Waals surface area contributed by atoms with Crippen molar-refractivity contribution in [3.8, 4) is 0 Å². The standard InChI is InChI=1S/C18H21FN2O3S2/c1-20(12-14-6-2-3-8-16(14)19)18(22)15-7-4-10-21(13-15)26(23,24)17-9-5-11-25-17/h2-3,5-6,8-9,11,15H,4,7,10,12-13H2,1H3/t15-/m0/s1. The summed E-state index contributed by atoms with van der Waals surface area (Å²) >= 11 is 1.18. The number of thiophene rings is 1. The molecule has 1 saturated heterocycles. The Bertz CT molecular complexity index is 868. The maximum absolute atomic E-state index is 13.8. The normalized spacial score (nSPS) is 18.6. The highest BCUT2D eigenvalue weighted by molar-refractivity contribution is 7.91. The molecule has 0 unspecified atom stereocenters. The summed E-state index contributed by atoms with van der Waals surface area (Å²) in [5.41, 5.74) is 0.447. The van der Waals surface area contributed by atoms with E-state index in [4.69, 9.17) is 0 Å². The highest BCUT2D eigenvalue weighted by Gasteiger charge is 2.34. The quantitative estimate of drug-likeness (QED) is 0.781. The summed E-state index contributed by atoms with van der Waals surface area (Å²) in [5, 5.41) is 1.72. The van der Waals surface area contributed by atoms with Gasteiger partial charge < -0.3 is 4.90 Å². The Morgan fingerprint density at radius 2 is 2.08 bits per heavy atom. The topological polar surface area (TPSA) is 57.7 Å². The maximum Gasteiger partial charge on any atom is 0.252 e. The van der Waals surface area contributed by atoms with E-state index in [1.807, 2.05) is 0 Å². The molecule has 0 radical (unpaired) electrons. The van der Waals surface area contributed by atoms with Crippen LogP contribution in [0.5, 0.6) is 0 Å². The van der Waals surface area contributed by atoms with Crippen LogP contribution in [0.15, 0.2) is 46.0 Å². The van der Waals surface area contributed by atoms with E-state index < -0.39 is 15.9 Å². The van der Waals surface area contributed by atoms with Gasteiger partial charge >= 0.3 is 0 Å². The predicted octanol–water partition coefficient (Wildman–Crippen LogP) is 2.95. The molecule has 26 heavy (non-hydrogen) atoms. The fourth-order valence-electron chi connectivity index (χ4n) is 3.17. The summed E-state index contributed by atoms with van der Waals surface area (Å²) in [6.45, 7) is 0.751. The molecule has 2 heterocycles. The molecule has 3 rings (SSSR count). The lowest BCUT2D eigenvalue weighted by Crippen LogP contribution is -2.45. The van der Waals surface area contributed by atoms with Crippen molar-refractivity contribution in [1.82, 2.24) is 9.21 Å². The van der Waals surface area contributed by atoms with Gasteiger partial charge in [0.05, 0.1) is 5.92 Å². The van der Waals surface area contributed by atoms with Crippen LogP contribution in [-0.2, 0) is 21.4 Å². The van der Waals surface area contributed by atoms with Crippen molar-refractivity contribution in [3.05, 3.63) is 53.2 Å². The molecule has 0 spiro atoms. The molecule has 5 nitrogen and oxygen atoms in total. The van der Waals surface area contributed by atoms with Gasteiger partial charge in [-0.15, -0.1) is 11.3 Å². The Morgan fingerprint density at radius 3 is 2.77 bits per heavy atom. The third-order valence-corrected chi connectivity index (χ3v) is 7.80. The van der Waals surface area contributed by atoms with Gasteiger partial charge in [-0.1, -0.05) is 24.3 Å². The Labute approximate surface area is 157 Å². The SMILES string of the molecule is CN(Cc1ccccc1F)C(=O)[C@H]1CCCN(S(=O)(=O)c2cccs2)C1. The van der Waals surface area contributed by atoms with E-state index in [0.29, 0.717) is 29.2 Å². The lowest BCUT2D eigenvalue weighted by atomic mass is 9.98. The number of rotatable bonds is 5. The number of halogens is 1. The Kier molecular flexibility index (Phi) is 5.74. The second-order valence-corrected chi connectivity index (χ2v) is 9.53. The zero-order valence-electron chi connectivity index (χ0n) is 14.5. The van der Waals surface area contributed by atoms with Crippen LogP contribution >= 0.6 is 11.3 Å². The van der Waals surface area contributed by atoms with E-state index in [1.54, 1.807) is 42.8 Å². The lowest BCUT2D eigenvalue weighted by Gasteiger charge is -2.33. The summed E-state index contributed by atoms with van der Waals surface area (Å²) in [6, 6.07) is 9.63. The lowest BCUT2D eigenvalue weighted by molar-refractivity contribution is -0.135. The minimum atomic E-state index is -3.56. The van der Waals surface area contributed by atoms with Crippen molar-refractivity contribution < 1.29 is 17.6 Å². The second kappa shape index (κ2) is 7.85. The Balaban J connectivity index is 1.69. The number of piperidine rings is 1. The van der Waals surface area contributed by atoms with E-state index >= 15 is 0 Å². The number of hydrogen-bond donors (Lipinski definition) is 0. The predicted molar refractivity (Wildman–Crippen MR) is 98.7 cm³/mol. The first-order valence-electron chi connectivity index (χ1n) is 8.41. The van der Waals surface area contributed by atoms with E-state index in [2.05, 4.69) is 0 Å². The molecule has 1 aliphatic rings. The zero-order chi connectivity index (χ0) is 18.7. The van der Waals surface area contributed by atoms with Gasteiger partial charge in [0, 0.05) is 32.2 Å². The summed E-state index contributed by atoms with van der Waals surface area (Å²) in [7, 11) is -1.93. The smallest absolute Gasteiger partial charge is 0.252 e. The minimum Gasteiger partial charge on any atom is -0.341 e. The van der Waals surface area contributed by atoms with Crippen LogP contribution in [0.2, 0.25) is 0 Å². The van der Waals surface area contributed by atoms with Crippen LogP contribution in [-0.4, -0.2) is 43.7 Å². The zero-order valence-corrected chi connectivity index (χ0v) is 16.1. The number of amides is 1. The average Bonchev–Trinajstić information content (AvgIpc) is 3.18. The summed E-state index contributed by atoms with van der Waals surface area (Å²) in [5.74, 6) is -0.910. The molecular weight excluding hydrogens is 375 g/mol. The van der Waals surface area contributed by atoms with Gasteiger partial charge in [0.15, 0.2) is 0 Å². The molecule has 1 fully saturated rings. The monoisotopic (exact) mass is 396 g/mol. The molecule has 1 aromatic heterocycles. The first kappa shape index (κ1) is 19.0. The largest absolute Gasteiger partial charge is 0.341 e. The molecule has 0 saturated carbocycles. The second-order valence-electron chi connectivity index (χ2n) is 6.42.